The Morgan fingerprint density at radius 1 is 1.09 bits per heavy atom. The predicted octanol–water partition coefficient (Wildman–Crippen LogP) is 5.25. The minimum absolute atomic E-state index is 0.142. The highest BCUT2D eigenvalue weighted by Crippen LogP contribution is 2.46. The summed E-state index contributed by atoms with van der Waals surface area (Å²) in [6.45, 7) is 3.78. The number of fused-ring (bicyclic) bond motifs is 1. The van der Waals surface area contributed by atoms with E-state index in [4.69, 9.17) is 10.5 Å². The second-order valence-electron chi connectivity index (χ2n) is 8.50. The average Bonchev–Trinajstić information content (AvgIpc) is 3.56. The number of anilines is 2. The van der Waals surface area contributed by atoms with E-state index in [2.05, 4.69) is 20.3 Å². The first-order valence-electron chi connectivity index (χ1n) is 10.6. The molecule has 3 N–H and O–H groups in total. The fourth-order valence-electron chi connectivity index (χ4n) is 3.69. The van der Waals surface area contributed by atoms with Crippen molar-refractivity contribution in [1.29, 1.82) is 0 Å². The fourth-order valence-corrected chi connectivity index (χ4v) is 3.69. The van der Waals surface area contributed by atoms with Crippen molar-refractivity contribution >= 4 is 28.3 Å². The molecule has 2 heterocycles. The van der Waals surface area contributed by atoms with Gasteiger partial charge in [0.1, 0.15) is 11.6 Å². The molecule has 0 atom stereocenters. The summed E-state index contributed by atoms with van der Waals surface area (Å²) in [7, 11) is 0. The van der Waals surface area contributed by atoms with Crippen LogP contribution in [0.5, 0.6) is 11.6 Å². The van der Waals surface area contributed by atoms with Crippen molar-refractivity contribution in [3.05, 3.63) is 66.2 Å². The number of benzene rings is 2. The van der Waals surface area contributed by atoms with Crippen LogP contribution < -0.4 is 15.8 Å². The van der Waals surface area contributed by atoms with Crippen LogP contribution >= 0.6 is 0 Å². The van der Waals surface area contributed by atoms with Crippen LogP contribution in [0.2, 0.25) is 0 Å². The van der Waals surface area contributed by atoms with E-state index in [1.54, 1.807) is 36.7 Å². The molecular weight excluding hydrogens is 421 g/mol. The molecule has 5 rings (SSSR count). The second-order valence-corrected chi connectivity index (χ2v) is 8.50. The summed E-state index contributed by atoms with van der Waals surface area (Å²) in [6, 6.07) is 11.9. The van der Waals surface area contributed by atoms with Gasteiger partial charge in [0.05, 0.1) is 16.9 Å². The first-order valence-corrected chi connectivity index (χ1v) is 10.6. The largest absolute Gasteiger partial charge is 0.437 e. The Labute approximate surface area is 189 Å². The van der Waals surface area contributed by atoms with E-state index in [1.165, 1.54) is 6.07 Å². The molecule has 1 aliphatic rings. The van der Waals surface area contributed by atoms with Crippen LogP contribution in [0.4, 0.5) is 16.0 Å². The molecule has 166 valence electrons. The molecular formula is C25H22FN5O2. The lowest BCUT2D eigenvalue weighted by Gasteiger charge is -2.17. The standard InChI is InChI=1S/C25H22FN5O2/c1-14-5-6-15-16(7-8-18(26)20(15)31-23(32)25(2)10-11-25)21(14)33-22-17(4-3-12-28-22)19-9-13-29-24(27)30-19/h3-9,12-13H,10-11H2,1-2H3,(H,31,32)(H2,27,29,30). The van der Waals surface area contributed by atoms with Gasteiger partial charge in [0.2, 0.25) is 17.7 Å². The number of nitrogens with one attached hydrogen (secondary N) is 1. The minimum atomic E-state index is -0.495. The Morgan fingerprint density at radius 3 is 2.64 bits per heavy atom. The molecule has 2 aromatic heterocycles. The lowest BCUT2D eigenvalue weighted by Crippen LogP contribution is -2.22. The topological polar surface area (TPSA) is 103 Å². The molecule has 0 aliphatic heterocycles. The normalized spacial score (nSPS) is 14.2. The van der Waals surface area contributed by atoms with Crippen molar-refractivity contribution in [2.75, 3.05) is 11.1 Å². The summed E-state index contributed by atoms with van der Waals surface area (Å²) >= 11 is 0. The number of hydrogen-bond acceptors (Lipinski definition) is 6. The SMILES string of the molecule is Cc1ccc2c(NC(=O)C3(C)CC3)c(F)ccc2c1Oc1ncccc1-c1ccnc(N)n1. The number of ether oxygens (including phenoxy) is 1. The first kappa shape index (κ1) is 20.8. The third kappa shape index (κ3) is 3.84. The lowest BCUT2D eigenvalue weighted by molar-refractivity contribution is -0.120. The smallest absolute Gasteiger partial charge is 0.230 e. The summed E-state index contributed by atoms with van der Waals surface area (Å²) in [6.07, 6.45) is 4.78. The van der Waals surface area contributed by atoms with Crippen LogP contribution in [-0.4, -0.2) is 20.9 Å². The van der Waals surface area contributed by atoms with Gasteiger partial charge in [-0.15, -0.1) is 0 Å². The zero-order valence-corrected chi connectivity index (χ0v) is 18.2. The summed E-state index contributed by atoms with van der Waals surface area (Å²) in [5.74, 6) is 0.313. The van der Waals surface area contributed by atoms with Crippen LogP contribution in [0.15, 0.2) is 54.9 Å². The molecule has 0 bridgehead atoms. The summed E-state index contributed by atoms with van der Waals surface area (Å²) in [5.41, 5.74) is 7.51. The van der Waals surface area contributed by atoms with Crippen molar-refractivity contribution in [3.63, 3.8) is 0 Å². The van der Waals surface area contributed by atoms with Gasteiger partial charge in [-0.05, 0) is 55.7 Å². The van der Waals surface area contributed by atoms with Crippen molar-refractivity contribution in [2.24, 2.45) is 5.41 Å². The van der Waals surface area contributed by atoms with E-state index in [9.17, 15) is 9.18 Å². The third-order valence-corrected chi connectivity index (χ3v) is 6.00. The molecule has 0 radical (unpaired) electrons. The number of carbonyl (C=O) groups excluding carboxylic acids is 1. The van der Waals surface area contributed by atoms with Crippen molar-refractivity contribution in [3.8, 4) is 22.9 Å². The number of nitrogens with zero attached hydrogens (tertiary/aromatic N) is 3. The Bertz CT molecular complexity index is 1400. The van der Waals surface area contributed by atoms with Crippen LogP contribution in [0.3, 0.4) is 0 Å². The van der Waals surface area contributed by atoms with Gasteiger partial charge in [-0.2, -0.15) is 0 Å². The van der Waals surface area contributed by atoms with E-state index in [-0.39, 0.29) is 17.5 Å². The van der Waals surface area contributed by atoms with E-state index >= 15 is 0 Å². The molecule has 8 heteroatoms. The number of aromatic nitrogens is 3. The number of nitrogens with two attached hydrogens (primary N) is 1. The van der Waals surface area contributed by atoms with E-state index < -0.39 is 11.2 Å². The van der Waals surface area contributed by atoms with E-state index in [0.29, 0.717) is 33.7 Å². The number of aryl methyl sites for hydroxylation is 1. The Morgan fingerprint density at radius 2 is 1.88 bits per heavy atom. The van der Waals surface area contributed by atoms with Gasteiger partial charge in [0.25, 0.3) is 0 Å². The number of rotatable bonds is 5. The van der Waals surface area contributed by atoms with Crippen LogP contribution in [0.1, 0.15) is 25.3 Å². The molecule has 4 aromatic rings. The van der Waals surface area contributed by atoms with Crippen molar-refractivity contribution in [2.45, 2.75) is 26.7 Å². The van der Waals surface area contributed by atoms with Gasteiger partial charge >= 0.3 is 0 Å². The predicted molar refractivity (Wildman–Crippen MR) is 124 cm³/mol. The number of hydrogen-bond donors (Lipinski definition) is 2. The Kier molecular flexibility index (Phi) is 4.92. The fraction of sp³-hybridized carbons (Fsp3) is 0.200. The van der Waals surface area contributed by atoms with Gasteiger partial charge in [-0.25, -0.2) is 19.3 Å². The van der Waals surface area contributed by atoms with Crippen LogP contribution in [0.25, 0.3) is 22.0 Å². The number of halogens is 1. The molecule has 0 spiro atoms. The van der Waals surface area contributed by atoms with Gasteiger partial charge in [-0.1, -0.05) is 19.1 Å². The van der Waals surface area contributed by atoms with Gasteiger partial charge in [-0.3, -0.25) is 4.79 Å². The first-order chi connectivity index (χ1) is 15.9. The Hall–Kier alpha value is -4.07. The number of amides is 1. The molecule has 0 saturated heterocycles. The highest BCUT2D eigenvalue weighted by Gasteiger charge is 2.45. The highest BCUT2D eigenvalue weighted by molar-refractivity contribution is 6.06. The average molecular weight is 443 g/mol. The molecule has 1 amide bonds. The number of pyridine rings is 1. The summed E-state index contributed by atoms with van der Waals surface area (Å²) < 4.78 is 21.1. The minimum Gasteiger partial charge on any atom is -0.437 e. The monoisotopic (exact) mass is 443 g/mol. The molecule has 2 aromatic carbocycles. The lowest BCUT2D eigenvalue weighted by atomic mass is 10.0. The van der Waals surface area contributed by atoms with Crippen molar-refractivity contribution < 1.29 is 13.9 Å². The zero-order chi connectivity index (χ0) is 23.2. The van der Waals surface area contributed by atoms with Gasteiger partial charge in [0, 0.05) is 28.6 Å². The van der Waals surface area contributed by atoms with E-state index in [0.717, 1.165) is 18.4 Å². The van der Waals surface area contributed by atoms with Crippen molar-refractivity contribution in [1.82, 2.24) is 15.0 Å². The third-order valence-electron chi connectivity index (χ3n) is 6.00. The maximum absolute atomic E-state index is 14.8. The van der Waals surface area contributed by atoms with Gasteiger partial charge < -0.3 is 15.8 Å². The quantitative estimate of drug-likeness (QED) is 0.437. The highest BCUT2D eigenvalue weighted by atomic mass is 19.1. The molecule has 1 saturated carbocycles. The van der Waals surface area contributed by atoms with Gasteiger partial charge in [0.15, 0.2) is 0 Å². The molecule has 33 heavy (non-hydrogen) atoms. The molecule has 0 unspecified atom stereocenters. The second kappa shape index (κ2) is 7.81. The maximum Gasteiger partial charge on any atom is 0.230 e. The van der Waals surface area contributed by atoms with Crippen LogP contribution in [-0.2, 0) is 4.79 Å². The molecule has 1 fully saturated rings. The number of carbonyl (C=O) groups is 1. The Balaban J connectivity index is 1.60. The summed E-state index contributed by atoms with van der Waals surface area (Å²) in [5, 5.41) is 4.01. The molecule has 1 aliphatic carbocycles. The summed E-state index contributed by atoms with van der Waals surface area (Å²) in [4.78, 5) is 25.2. The zero-order valence-electron chi connectivity index (χ0n) is 18.2. The number of nitrogen functional groups attached to an aromatic ring is 1. The maximum atomic E-state index is 14.8. The molecule has 7 nitrogen and oxygen atoms in total. The van der Waals surface area contributed by atoms with Crippen LogP contribution in [0, 0.1) is 18.2 Å². The van der Waals surface area contributed by atoms with E-state index in [1.807, 2.05) is 26.0 Å².